The Kier molecular flexibility index (Phi) is 3.74. The minimum atomic E-state index is -3.76. The van der Waals surface area contributed by atoms with Gasteiger partial charge in [0.05, 0.1) is 0 Å². The van der Waals surface area contributed by atoms with E-state index in [4.69, 9.17) is 0 Å². The van der Waals surface area contributed by atoms with Gasteiger partial charge in [-0.15, -0.1) is 0 Å². The molecule has 0 heterocycles. The van der Waals surface area contributed by atoms with Crippen molar-refractivity contribution in [3.63, 3.8) is 0 Å². The maximum Gasteiger partial charge on any atom is 0.710 e. The van der Waals surface area contributed by atoms with Crippen LogP contribution in [0.1, 0.15) is 23.1 Å². The summed E-state index contributed by atoms with van der Waals surface area (Å²) in [4.78, 5) is 39.1. The molecule has 12 heteroatoms. The normalized spacial score (nSPS) is 19.7. The lowest BCUT2D eigenvalue weighted by Crippen LogP contribution is -2.57. The minimum Gasteiger partial charge on any atom is -0.264 e. The van der Waals surface area contributed by atoms with Crippen molar-refractivity contribution in [1.82, 2.24) is 0 Å². The molecule has 12 nitrogen and oxygen atoms in total. The van der Waals surface area contributed by atoms with Gasteiger partial charge in [0.15, 0.2) is 14.8 Å². The van der Waals surface area contributed by atoms with E-state index in [0.29, 0.717) is 0 Å². The Bertz CT molecular complexity index is 709. The second kappa shape index (κ2) is 5.40. The Morgan fingerprint density at radius 1 is 0.783 bits per heavy atom. The molecular weight excluding hydrogens is 316 g/mol. The molecule has 0 amide bonds. The van der Waals surface area contributed by atoms with Crippen LogP contribution in [0.3, 0.4) is 0 Å². The van der Waals surface area contributed by atoms with Gasteiger partial charge >= 0.3 is 5.79 Å². The first kappa shape index (κ1) is 15.9. The smallest absolute Gasteiger partial charge is 0.264 e. The van der Waals surface area contributed by atoms with Crippen molar-refractivity contribution in [2.75, 3.05) is 0 Å². The summed E-state index contributed by atoms with van der Waals surface area (Å²) in [5.41, 5.74) is -0.248. The fraction of sp³-hybridized carbons (Fsp3) is 0.273. The average molecular weight is 324 g/mol. The fourth-order valence-corrected chi connectivity index (χ4v) is 2.55. The fourth-order valence-electron chi connectivity index (χ4n) is 2.55. The van der Waals surface area contributed by atoms with Gasteiger partial charge in [-0.1, -0.05) is 30.3 Å². The van der Waals surface area contributed by atoms with Crippen LogP contribution in [0.15, 0.2) is 36.4 Å². The van der Waals surface area contributed by atoms with Crippen LogP contribution in [-0.2, 0) is 0 Å². The molecule has 23 heavy (non-hydrogen) atoms. The molecule has 1 aliphatic rings. The van der Waals surface area contributed by atoms with Crippen molar-refractivity contribution >= 4 is 0 Å². The van der Waals surface area contributed by atoms with Crippen molar-refractivity contribution in [3.05, 3.63) is 88.0 Å². The molecule has 0 aromatic heterocycles. The van der Waals surface area contributed by atoms with E-state index >= 15 is 0 Å². The monoisotopic (exact) mass is 324 g/mol. The summed E-state index contributed by atoms with van der Waals surface area (Å²) in [6.45, 7) is 0. The van der Waals surface area contributed by atoms with Crippen LogP contribution >= 0.6 is 0 Å². The lowest BCUT2D eigenvalue weighted by molar-refractivity contribution is -0.972. The molecule has 120 valence electrons. The maximum absolute atomic E-state index is 11.2. The van der Waals surface area contributed by atoms with Gasteiger partial charge in [0.25, 0.3) is 6.04 Å². The van der Waals surface area contributed by atoms with Crippen LogP contribution in [0.4, 0.5) is 0 Å². The lowest BCUT2D eigenvalue weighted by atomic mass is 9.81. The zero-order chi connectivity index (χ0) is 17.4. The highest BCUT2D eigenvalue weighted by molar-refractivity contribution is 5.41. The molecule has 2 atom stereocenters. The van der Waals surface area contributed by atoms with Crippen molar-refractivity contribution in [2.45, 2.75) is 17.7 Å². The van der Waals surface area contributed by atoms with Gasteiger partial charge in [0.1, 0.15) is 0 Å². The lowest BCUT2D eigenvalue weighted by Gasteiger charge is -2.22. The van der Waals surface area contributed by atoms with E-state index < -0.39 is 37.4 Å². The highest BCUT2D eigenvalue weighted by Crippen LogP contribution is 2.41. The summed E-state index contributed by atoms with van der Waals surface area (Å²) in [7, 11) is 0. The summed E-state index contributed by atoms with van der Waals surface area (Å²) in [5.74, 6) is -5.64. The first-order valence-electron chi connectivity index (χ1n) is 6.08. The van der Waals surface area contributed by atoms with Gasteiger partial charge in [-0.25, -0.2) is 0 Å². The number of hydrogen-bond donors (Lipinski definition) is 0. The summed E-state index contributed by atoms with van der Waals surface area (Å²) in [5, 5.41) is 44.6. The van der Waals surface area contributed by atoms with E-state index in [2.05, 4.69) is 0 Å². The molecule has 0 bridgehead atoms. The Hall–Kier alpha value is -3.44. The van der Waals surface area contributed by atoms with Gasteiger partial charge in [-0.05, 0) is 11.6 Å². The van der Waals surface area contributed by atoms with Gasteiger partial charge < -0.3 is 0 Å². The number of nitro groups is 4. The van der Waals surface area contributed by atoms with Crippen LogP contribution in [0, 0.1) is 40.5 Å². The predicted molar refractivity (Wildman–Crippen MR) is 71.8 cm³/mol. The highest BCUT2D eigenvalue weighted by Gasteiger charge is 2.76. The number of benzene rings is 1. The van der Waals surface area contributed by atoms with E-state index in [9.17, 15) is 40.5 Å². The number of rotatable bonds is 5. The SMILES string of the molecule is O=[N+]([O-])[C@H]1C=C[C@H](C([N+](=O)[O-])([N+](=O)[O-])[N+](=O)[O-])c2ccccc21. The topological polar surface area (TPSA) is 173 Å². The molecule has 0 saturated heterocycles. The number of nitrogens with zero attached hydrogens (tertiary/aromatic N) is 4. The van der Waals surface area contributed by atoms with Crippen LogP contribution in [0.2, 0.25) is 0 Å². The Balaban J connectivity index is 2.75. The van der Waals surface area contributed by atoms with Crippen molar-refractivity contribution < 1.29 is 19.7 Å². The van der Waals surface area contributed by atoms with E-state index in [1.165, 1.54) is 24.3 Å². The maximum atomic E-state index is 11.2. The van der Waals surface area contributed by atoms with Crippen LogP contribution in [0.5, 0.6) is 0 Å². The average Bonchev–Trinajstić information content (AvgIpc) is 2.46. The molecule has 0 radical (unpaired) electrons. The van der Waals surface area contributed by atoms with Crippen LogP contribution in [-0.4, -0.2) is 25.5 Å². The first-order chi connectivity index (χ1) is 10.7. The van der Waals surface area contributed by atoms with Crippen molar-refractivity contribution in [1.29, 1.82) is 0 Å². The quantitative estimate of drug-likeness (QED) is 0.335. The zero-order valence-corrected chi connectivity index (χ0v) is 11.2. The molecule has 1 aliphatic carbocycles. The minimum absolute atomic E-state index is 0.0556. The highest BCUT2D eigenvalue weighted by atomic mass is 16.7. The zero-order valence-electron chi connectivity index (χ0n) is 11.2. The predicted octanol–water partition coefficient (Wildman–Crippen LogP) is 1.14. The third kappa shape index (κ3) is 2.16. The van der Waals surface area contributed by atoms with Gasteiger partial charge in [0, 0.05) is 10.5 Å². The molecule has 1 aromatic carbocycles. The number of hydrogen-bond acceptors (Lipinski definition) is 8. The summed E-state index contributed by atoms with van der Waals surface area (Å²) < 4.78 is 0. The molecule has 2 rings (SSSR count). The molecule has 0 saturated carbocycles. The first-order valence-corrected chi connectivity index (χ1v) is 6.08. The van der Waals surface area contributed by atoms with E-state index in [-0.39, 0.29) is 11.1 Å². The summed E-state index contributed by atoms with van der Waals surface area (Å²) in [6.07, 6.45) is 1.67. The summed E-state index contributed by atoms with van der Waals surface area (Å²) in [6, 6.07) is 3.78. The van der Waals surface area contributed by atoms with E-state index in [0.717, 1.165) is 12.2 Å². The van der Waals surface area contributed by atoms with E-state index in [1.807, 2.05) is 0 Å². The molecule has 0 aliphatic heterocycles. The Morgan fingerprint density at radius 2 is 1.26 bits per heavy atom. The van der Waals surface area contributed by atoms with Crippen molar-refractivity contribution in [2.24, 2.45) is 0 Å². The second-order valence-electron chi connectivity index (χ2n) is 4.68. The third-order valence-corrected chi connectivity index (χ3v) is 3.59. The van der Waals surface area contributed by atoms with Crippen LogP contribution < -0.4 is 0 Å². The van der Waals surface area contributed by atoms with Gasteiger partial charge in [0.2, 0.25) is 5.92 Å². The Labute approximate surface area is 126 Å². The Morgan fingerprint density at radius 3 is 1.70 bits per heavy atom. The molecule has 0 spiro atoms. The van der Waals surface area contributed by atoms with Crippen molar-refractivity contribution in [3.8, 4) is 0 Å². The largest absolute Gasteiger partial charge is 0.710 e. The van der Waals surface area contributed by atoms with Gasteiger partial charge in [-0.2, -0.15) is 0 Å². The molecule has 0 unspecified atom stereocenters. The van der Waals surface area contributed by atoms with Gasteiger partial charge in [-0.3, -0.25) is 40.5 Å². The standard InChI is InChI=1S/C11H8N4O8/c16-12(17)10-6-5-9(7-3-1-2-4-8(7)10)11(13(18)19,14(20)21)15(22)23/h1-6,9-10H/t9-,10-/m0/s1. The molecule has 0 fully saturated rings. The number of fused-ring (bicyclic) bond motifs is 1. The summed E-state index contributed by atoms with van der Waals surface area (Å²) >= 11 is 0. The molecule has 0 N–H and O–H groups in total. The van der Waals surface area contributed by atoms with Crippen LogP contribution in [0.25, 0.3) is 0 Å². The van der Waals surface area contributed by atoms with E-state index in [1.54, 1.807) is 0 Å². The molecular formula is C11H8N4O8. The molecule has 1 aromatic rings. The second-order valence-corrected chi connectivity index (χ2v) is 4.68. The third-order valence-electron chi connectivity index (χ3n) is 3.59.